The van der Waals surface area contributed by atoms with E-state index in [1.165, 1.54) is 22.9 Å². The van der Waals surface area contributed by atoms with Gasteiger partial charge in [-0.25, -0.2) is 9.89 Å². The number of aryl methyl sites for hydroxylation is 1. The summed E-state index contributed by atoms with van der Waals surface area (Å²) in [6.07, 6.45) is 5.12. The number of rotatable bonds is 6. The largest absolute Gasteiger partial charge is 0.376 e. The third-order valence-electron chi connectivity index (χ3n) is 5.17. The minimum atomic E-state index is -0.255. The third-order valence-corrected chi connectivity index (χ3v) is 6.15. The summed E-state index contributed by atoms with van der Waals surface area (Å²) in [7, 11) is 0. The van der Waals surface area contributed by atoms with E-state index in [0.717, 1.165) is 38.7 Å². The molecule has 2 N–H and O–H groups in total. The van der Waals surface area contributed by atoms with Crippen LogP contribution >= 0.6 is 11.8 Å². The molecule has 144 valence electrons. The molecule has 2 heterocycles. The fourth-order valence-corrected chi connectivity index (χ4v) is 4.60. The Kier molecular flexibility index (Phi) is 5.63. The second-order valence-electron chi connectivity index (χ2n) is 7.06. The Labute approximate surface area is 161 Å². The van der Waals surface area contributed by atoms with Gasteiger partial charge in [-0.15, -0.1) is 5.10 Å². The summed E-state index contributed by atoms with van der Waals surface area (Å²) >= 11 is 1.28. The summed E-state index contributed by atoms with van der Waals surface area (Å²) in [6, 6.07) is 8.36. The van der Waals surface area contributed by atoms with Crippen LogP contribution in [-0.4, -0.2) is 39.1 Å². The first-order valence-corrected chi connectivity index (χ1v) is 10.5. The molecule has 0 bridgehead atoms. The Morgan fingerprint density at radius 3 is 3.07 bits per heavy atom. The van der Waals surface area contributed by atoms with Crippen molar-refractivity contribution in [3.05, 3.63) is 45.9 Å². The van der Waals surface area contributed by atoms with Gasteiger partial charge in [0, 0.05) is 6.61 Å². The number of ether oxygens (including phenoxy) is 1. The van der Waals surface area contributed by atoms with Crippen molar-refractivity contribution in [1.82, 2.24) is 20.1 Å². The molecule has 2 aliphatic rings. The minimum Gasteiger partial charge on any atom is -0.376 e. The van der Waals surface area contributed by atoms with Gasteiger partial charge in [0.15, 0.2) is 5.16 Å². The Balaban J connectivity index is 1.36. The molecule has 1 amide bonds. The Morgan fingerprint density at radius 2 is 2.22 bits per heavy atom. The quantitative estimate of drug-likeness (QED) is 0.739. The first-order chi connectivity index (χ1) is 13.2. The maximum atomic E-state index is 12.5. The van der Waals surface area contributed by atoms with E-state index in [-0.39, 0.29) is 29.5 Å². The van der Waals surface area contributed by atoms with E-state index in [1.54, 1.807) is 4.57 Å². The lowest BCUT2D eigenvalue weighted by Gasteiger charge is -2.26. The van der Waals surface area contributed by atoms with Crippen molar-refractivity contribution >= 4 is 17.7 Å². The number of hydrogen-bond acceptors (Lipinski definition) is 5. The molecule has 0 unspecified atom stereocenters. The number of fused-ring (bicyclic) bond motifs is 1. The highest BCUT2D eigenvalue weighted by molar-refractivity contribution is 7.99. The normalized spacial score (nSPS) is 21.8. The number of aromatic nitrogens is 3. The molecule has 1 aromatic heterocycles. The molecule has 2 atom stereocenters. The van der Waals surface area contributed by atoms with Gasteiger partial charge in [-0.05, 0) is 43.2 Å². The zero-order chi connectivity index (χ0) is 18.6. The number of H-pyrrole nitrogens is 1. The molecule has 4 rings (SSSR count). The van der Waals surface area contributed by atoms with Crippen LogP contribution in [0.2, 0.25) is 0 Å². The van der Waals surface area contributed by atoms with Gasteiger partial charge in [-0.3, -0.25) is 9.36 Å². The Bertz CT molecular complexity index is 857. The average Bonchev–Trinajstić information content (AvgIpc) is 3.32. The van der Waals surface area contributed by atoms with Crippen molar-refractivity contribution in [2.75, 3.05) is 12.4 Å². The predicted molar refractivity (Wildman–Crippen MR) is 103 cm³/mol. The molecule has 0 saturated carbocycles. The van der Waals surface area contributed by atoms with Crippen LogP contribution in [0.1, 0.15) is 42.9 Å². The highest BCUT2D eigenvalue weighted by Crippen LogP contribution is 2.29. The van der Waals surface area contributed by atoms with Crippen molar-refractivity contribution in [2.24, 2.45) is 0 Å². The van der Waals surface area contributed by atoms with Gasteiger partial charge in [0.05, 0.1) is 24.4 Å². The van der Waals surface area contributed by atoms with Crippen molar-refractivity contribution in [3.63, 3.8) is 0 Å². The highest BCUT2D eigenvalue weighted by Gasteiger charge is 2.23. The van der Waals surface area contributed by atoms with Crippen molar-refractivity contribution in [3.8, 4) is 0 Å². The summed E-state index contributed by atoms with van der Waals surface area (Å²) in [6.45, 7) is 1.22. The van der Waals surface area contributed by atoms with E-state index in [2.05, 4.69) is 27.6 Å². The highest BCUT2D eigenvalue weighted by atomic mass is 32.2. The molecule has 0 spiro atoms. The van der Waals surface area contributed by atoms with Gasteiger partial charge >= 0.3 is 5.69 Å². The van der Waals surface area contributed by atoms with E-state index >= 15 is 0 Å². The second kappa shape index (κ2) is 8.31. The molecule has 1 saturated heterocycles. The van der Waals surface area contributed by atoms with Crippen LogP contribution in [0.3, 0.4) is 0 Å². The topological polar surface area (TPSA) is 89.0 Å². The van der Waals surface area contributed by atoms with Crippen LogP contribution in [0, 0.1) is 0 Å². The third kappa shape index (κ3) is 4.27. The molecule has 2 aromatic rings. The zero-order valence-electron chi connectivity index (χ0n) is 15.1. The number of nitrogens with one attached hydrogen (secondary N) is 2. The molecule has 1 aromatic carbocycles. The van der Waals surface area contributed by atoms with Gasteiger partial charge in [-0.1, -0.05) is 36.0 Å². The molecular weight excluding hydrogens is 364 g/mol. The zero-order valence-corrected chi connectivity index (χ0v) is 16.0. The standard InChI is InChI=1S/C19H24N4O3S/c24-17(20-16-9-3-6-13-5-1-2-8-15(13)16)12-27-19-22-21-18(25)23(19)11-14-7-4-10-26-14/h1-2,5,8,14,16H,3-4,6-7,9-12H2,(H,20,24)(H,21,25)/t14-,16-/m1/s1. The van der Waals surface area contributed by atoms with Gasteiger partial charge in [0.1, 0.15) is 0 Å². The van der Waals surface area contributed by atoms with Crippen LogP contribution in [-0.2, 0) is 22.5 Å². The van der Waals surface area contributed by atoms with Crippen molar-refractivity contribution < 1.29 is 9.53 Å². The number of carbonyl (C=O) groups is 1. The predicted octanol–water partition coefficient (Wildman–Crippen LogP) is 2.04. The van der Waals surface area contributed by atoms with Crippen LogP contribution < -0.4 is 11.0 Å². The number of amides is 1. The van der Waals surface area contributed by atoms with Crippen molar-refractivity contribution in [1.29, 1.82) is 0 Å². The number of nitrogens with zero attached hydrogens (tertiary/aromatic N) is 2. The van der Waals surface area contributed by atoms with E-state index in [1.807, 2.05) is 12.1 Å². The van der Waals surface area contributed by atoms with Gasteiger partial charge in [0.2, 0.25) is 5.91 Å². The van der Waals surface area contributed by atoms with E-state index in [0.29, 0.717) is 11.7 Å². The first kappa shape index (κ1) is 18.3. The summed E-state index contributed by atoms with van der Waals surface area (Å²) in [5, 5.41) is 10.2. The molecule has 1 aliphatic heterocycles. The lowest BCUT2D eigenvalue weighted by Crippen LogP contribution is -2.32. The molecule has 8 heteroatoms. The number of hydrogen-bond donors (Lipinski definition) is 2. The first-order valence-electron chi connectivity index (χ1n) is 9.47. The smallest absolute Gasteiger partial charge is 0.344 e. The van der Waals surface area contributed by atoms with E-state index in [9.17, 15) is 9.59 Å². The number of aromatic amines is 1. The minimum absolute atomic E-state index is 0.0409. The molecule has 0 radical (unpaired) electrons. The number of carbonyl (C=O) groups excluding carboxylic acids is 1. The van der Waals surface area contributed by atoms with Gasteiger partial charge in [-0.2, -0.15) is 0 Å². The maximum Gasteiger partial charge on any atom is 0.344 e. The second-order valence-corrected chi connectivity index (χ2v) is 8.00. The van der Waals surface area contributed by atoms with Crippen LogP contribution in [0.5, 0.6) is 0 Å². The molecule has 1 aliphatic carbocycles. The summed E-state index contributed by atoms with van der Waals surface area (Å²) in [4.78, 5) is 24.5. The molecular formula is C19H24N4O3S. The van der Waals surface area contributed by atoms with E-state index in [4.69, 9.17) is 4.74 Å². The van der Waals surface area contributed by atoms with Crippen LogP contribution in [0.4, 0.5) is 0 Å². The summed E-state index contributed by atoms with van der Waals surface area (Å²) < 4.78 is 7.18. The fourth-order valence-electron chi connectivity index (χ4n) is 3.84. The monoisotopic (exact) mass is 388 g/mol. The Morgan fingerprint density at radius 1 is 1.33 bits per heavy atom. The fraction of sp³-hybridized carbons (Fsp3) is 0.526. The van der Waals surface area contributed by atoms with Crippen LogP contribution in [0.25, 0.3) is 0 Å². The van der Waals surface area contributed by atoms with Crippen molar-refractivity contribution in [2.45, 2.75) is 56.0 Å². The summed E-state index contributed by atoms with van der Waals surface area (Å²) in [5.74, 6) is 0.190. The van der Waals surface area contributed by atoms with Crippen LogP contribution in [0.15, 0.2) is 34.2 Å². The molecule has 27 heavy (non-hydrogen) atoms. The van der Waals surface area contributed by atoms with Gasteiger partial charge < -0.3 is 10.1 Å². The van der Waals surface area contributed by atoms with Gasteiger partial charge in [0.25, 0.3) is 0 Å². The van der Waals surface area contributed by atoms with E-state index < -0.39 is 0 Å². The average molecular weight is 388 g/mol. The lowest BCUT2D eigenvalue weighted by molar-refractivity contribution is -0.119. The number of benzene rings is 1. The molecule has 1 fully saturated rings. The molecule has 7 nitrogen and oxygen atoms in total. The maximum absolute atomic E-state index is 12.5. The Hall–Kier alpha value is -2.06. The summed E-state index contributed by atoms with van der Waals surface area (Å²) in [5.41, 5.74) is 2.28. The number of thioether (sulfide) groups is 1. The lowest BCUT2D eigenvalue weighted by atomic mass is 9.88. The SMILES string of the molecule is O=C(CSc1n[nH]c(=O)n1C[C@H]1CCCO1)N[C@@H]1CCCc2ccccc21.